The number of amides is 2. The van der Waals surface area contributed by atoms with Gasteiger partial charge in [-0.05, 0) is 24.0 Å². The summed E-state index contributed by atoms with van der Waals surface area (Å²) in [7, 11) is 0. The van der Waals surface area contributed by atoms with E-state index in [0.29, 0.717) is 0 Å². The van der Waals surface area contributed by atoms with E-state index in [-0.39, 0.29) is 0 Å². The number of primary amides is 1. The summed E-state index contributed by atoms with van der Waals surface area (Å²) in [4.78, 5) is 10.6. The van der Waals surface area contributed by atoms with E-state index in [1.54, 1.807) is 6.21 Å². The molecule has 0 aliphatic rings. The van der Waals surface area contributed by atoms with E-state index in [1.165, 1.54) is 12.8 Å². The largest absolute Gasteiger partial charge is 0.350 e. The third kappa shape index (κ3) is 7.03. The summed E-state index contributed by atoms with van der Waals surface area (Å²) in [6.07, 6.45) is 8.14. The first-order valence-electron chi connectivity index (χ1n) is 6.56. The average molecular weight is 259 g/mol. The molecule has 19 heavy (non-hydrogen) atoms. The monoisotopic (exact) mass is 259 g/mol. The van der Waals surface area contributed by atoms with Crippen LogP contribution < -0.4 is 11.2 Å². The Labute approximate surface area is 114 Å². The van der Waals surface area contributed by atoms with Gasteiger partial charge in [0.15, 0.2) is 0 Å². The van der Waals surface area contributed by atoms with Crippen LogP contribution in [0.1, 0.15) is 38.2 Å². The van der Waals surface area contributed by atoms with Crippen molar-refractivity contribution in [2.45, 2.75) is 32.6 Å². The fraction of sp³-hybridized carbons (Fsp3) is 0.333. The van der Waals surface area contributed by atoms with E-state index in [1.807, 2.05) is 30.3 Å². The van der Waals surface area contributed by atoms with E-state index >= 15 is 0 Å². The van der Waals surface area contributed by atoms with Crippen LogP contribution in [0.2, 0.25) is 0 Å². The average Bonchev–Trinajstić information content (AvgIpc) is 2.39. The number of hydrazone groups is 1. The van der Waals surface area contributed by atoms with Crippen LogP contribution >= 0.6 is 0 Å². The minimum Gasteiger partial charge on any atom is -0.350 e. The number of nitrogens with two attached hydrogens (primary N) is 1. The highest BCUT2D eigenvalue weighted by Crippen LogP contribution is 2.12. The number of unbranched alkanes of at least 4 members (excludes halogenated alkanes) is 2. The first kappa shape index (κ1) is 15.0. The van der Waals surface area contributed by atoms with Gasteiger partial charge in [0.1, 0.15) is 0 Å². The van der Waals surface area contributed by atoms with E-state index in [4.69, 9.17) is 5.73 Å². The summed E-state index contributed by atoms with van der Waals surface area (Å²) in [5, 5.41) is 3.83. The maximum atomic E-state index is 10.6. The van der Waals surface area contributed by atoms with E-state index in [2.05, 4.69) is 23.5 Å². The molecule has 102 valence electrons. The number of hydrogen-bond acceptors (Lipinski definition) is 2. The number of benzene rings is 1. The van der Waals surface area contributed by atoms with Gasteiger partial charge < -0.3 is 5.73 Å². The molecule has 1 aromatic carbocycles. The number of urea groups is 1. The molecule has 0 atom stereocenters. The van der Waals surface area contributed by atoms with Crippen molar-refractivity contribution in [1.29, 1.82) is 0 Å². The normalized spacial score (nSPS) is 11.7. The van der Waals surface area contributed by atoms with Crippen LogP contribution in [0, 0.1) is 0 Å². The molecule has 1 aromatic rings. The zero-order valence-electron chi connectivity index (χ0n) is 11.3. The maximum absolute atomic E-state index is 10.6. The number of carbonyl (C=O) groups is 1. The molecule has 0 saturated heterocycles. The van der Waals surface area contributed by atoms with E-state index in [0.717, 1.165) is 24.0 Å². The van der Waals surface area contributed by atoms with Crippen LogP contribution in [0.15, 0.2) is 41.0 Å². The zero-order valence-corrected chi connectivity index (χ0v) is 11.3. The predicted molar refractivity (Wildman–Crippen MR) is 79.8 cm³/mol. The van der Waals surface area contributed by atoms with Crippen molar-refractivity contribution in [2.75, 3.05) is 0 Å². The molecule has 4 heteroatoms. The Morgan fingerprint density at radius 1 is 1.32 bits per heavy atom. The fourth-order valence-electron chi connectivity index (χ4n) is 1.70. The van der Waals surface area contributed by atoms with Crippen LogP contribution in [-0.4, -0.2) is 12.2 Å². The first-order valence-corrected chi connectivity index (χ1v) is 6.56. The van der Waals surface area contributed by atoms with Gasteiger partial charge in [-0.1, -0.05) is 56.2 Å². The zero-order chi connectivity index (χ0) is 13.9. The van der Waals surface area contributed by atoms with Gasteiger partial charge in [-0.15, -0.1) is 0 Å². The van der Waals surface area contributed by atoms with Crippen molar-refractivity contribution in [3.8, 4) is 0 Å². The number of nitrogens with zero attached hydrogens (tertiary/aromatic N) is 1. The Bertz CT molecular complexity index is 438. The molecule has 0 saturated carbocycles. The molecule has 0 bridgehead atoms. The van der Waals surface area contributed by atoms with Gasteiger partial charge in [0, 0.05) is 0 Å². The molecular formula is C15H21N3O. The summed E-state index contributed by atoms with van der Waals surface area (Å²) < 4.78 is 0. The smallest absolute Gasteiger partial charge is 0.332 e. The molecule has 0 heterocycles. The Morgan fingerprint density at radius 2 is 2.05 bits per heavy atom. The van der Waals surface area contributed by atoms with Crippen LogP contribution in [-0.2, 0) is 0 Å². The van der Waals surface area contributed by atoms with Crippen molar-refractivity contribution >= 4 is 18.3 Å². The second-order valence-corrected chi connectivity index (χ2v) is 4.32. The molecule has 0 radical (unpaired) electrons. The maximum Gasteiger partial charge on any atom is 0.332 e. The van der Waals surface area contributed by atoms with Crippen molar-refractivity contribution < 1.29 is 4.79 Å². The molecule has 2 amide bonds. The number of nitrogens with one attached hydrogen (secondary N) is 1. The summed E-state index contributed by atoms with van der Waals surface area (Å²) in [6, 6.07) is 9.40. The Hall–Kier alpha value is -2.10. The van der Waals surface area contributed by atoms with Crippen LogP contribution in [0.4, 0.5) is 4.79 Å². The molecule has 0 aliphatic carbocycles. The summed E-state index contributed by atoms with van der Waals surface area (Å²) in [5.41, 5.74) is 9.39. The molecule has 1 rings (SSSR count). The van der Waals surface area contributed by atoms with E-state index in [9.17, 15) is 4.79 Å². The lowest BCUT2D eigenvalue weighted by Crippen LogP contribution is -2.24. The third-order valence-corrected chi connectivity index (χ3v) is 2.63. The molecule has 3 N–H and O–H groups in total. The molecule has 0 spiro atoms. The topological polar surface area (TPSA) is 67.5 Å². The Balaban J connectivity index is 2.70. The second kappa shape index (κ2) is 8.91. The van der Waals surface area contributed by atoms with Crippen LogP contribution in [0.3, 0.4) is 0 Å². The number of carbonyl (C=O) groups excluding carboxylic acids is 1. The summed E-state index contributed by atoms with van der Waals surface area (Å²) in [6.45, 7) is 2.17. The van der Waals surface area contributed by atoms with Gasteiger partial charge in [-0.3, -0.25) is 0 Å². The molecule has 0 aliphatic heterocycles. The van der Waals surface area contributed by atoms with Gasteiger partial charge in [-0.2, -0.15) is 5.10 Å². The van der Waals surface area contributed by atoms with E-state index < -0.39 is 6.03 Å². The van der Waals surface area contributed by atoms with Crippen molar-refractivity contribution in [3.05, 3.63) is 41.5 Å². The Morgan fingerprint density at radius 3 is 2.68 bits per heavy atom. The standard InChI is InChI=1S/C15H21N3O/c1-2-3-5-10-14(12-17-18-15(16)19)11-13-8-6-4-7-9-13/h4,6-9,11-12H,2-3,5,10H2,1H3,(H3,16,18,19)/b14-11-,17-12+. The predicted octanol–water partition coefficient (Wildman–Crippen LogP) is 3.30. The number of rotatable bonds is 7. The van der Waals surface area contributed by atoms with Gasteiger partial charge >= 0.3 is 6.03 Å². The molecule has 0 unspecified atom stereocenters. The lowest BCUT2D eigenvalue weighted by molar-refractivity contribution is 0.249. The fourth-order valence-corrected chi connectivity index (χ4v) is 1.70. The SMILES string of the molecule is CCCCCC(=C/c1ccccc1)/C=N/NC(N)=O. The van der Waals surface area contributed by atoms with Crippen molar-refractivity contribution in [2.24, 2.45) is 10.8 Å². The highest BCUT2D eigenvalue weighted by atomic mass is 16.2. The molecule has 0 fully saturated rings. The quantitative estimate of drug-likeness (QED) is 0.440. The van der Waals surface area contributed by atoms with Crippen molar-refractivity contribution in [3.63, 3.8) is 0 Å². The van der Waals surface area contributed by atoms with Crippen molar-refractivity contribution in [1.82, 2.24) is 5.43 Å². The van der Waals surface area contributed by atoms with Gasteiger partial charge in [0.05, 0.1) is 6.21 Å². The second-order valence-electron chi connectivity index (χ2n) is 4.32. The summed E-state index contributed by atoms with van der Waals surface area (Å²) >= 11 is 0. The number of hydrogen-bond donors (Lipinski definition) is 2. The van der Waals surface area contributed by atoms with Crippen LogP contribution in [0.25, 0.3) is 6.08 Å². The van der Waals surface area contributed by atoms with Gasteiger partial charge in [-0.25, -0.2) is 10.2 Å². The minimum atomic E-state index is -0.649. The number of allylic oxidation sites excluding steroid dienone is 1. The lowest BCUT2D eigenvalue weighted by Gasteiger charge is -2.02. The summed E-state index contributed by atoms with van der Waals surface area (Å²) in [5.74, 6) is 0. The highest BCUT2D eigenvalue weighted by Gasteiger charge is 1.96. The van der Waals surface area contributed by atoms with Gasteiger partial charge in [0.25, 0.3) is 0 Å². The highest BCUT2D eigenvalue weighted by molar-refractivity contribution is 5.86. The third-order valence-electron chi connectivity index (χ3n) is 2.63. The Kier molecular flexibility index (Phi) is 7.02. The molecular weight excluding hydrogens is 238 g/mol. The lowest BCUT2D eigenvalue weighted by atomic mass is 10.1. The molecule has 4 nitrogen and oxygen atoms in total. The first-order chi connectivity index (χ1) is 9.22. The van der Waals surface area contributed by atoms with Gasteiger partial charge in [0.2, 0.25) is 0 Å². The van der Waals surface area contributed by atoms with Crippen LogP contribution in [0.5, 0.6) is 0 Å². The molecule has 0 aromatic heterocycles. The minimum absolute atomic E-state index is 0.649.